The maximum absolute atomic E-state index is 15.1. The van der Waals surface area contributed by atoms with Crippen molar-refractivity contribution in [3.8, 4) is 28.0 Å². The number of fused-ring (bicyclic) bond motifs is 1. The largest absolute Gasteiger partial charge is 0.493 e. The quantitative estimate of drug-likeness (QED) is 0.289. The van der Waals surface area contributed by atoms with E-state index >= 15 is 4.39 Å². The number of hydrogen-bond acceptors (Lipinski definition) is 6. The van der Waals surface area contributed by atoms with E-state index in [1.54, 1.807) is 13.1 Å². The highest BCUT2D eigenvalue weighted by atomic mass is 19.1. The second-order valence-electron chi connectivity index (χ2n) is 11.6. The lowest BCUT2D eigenvalue weighted by atomic mass is 9.93. The molecule has 0 radical (unpaired) electrons. The average Bonchev–Trinajstić information content (AvgIpc) is 3.47. The number of aromatic carboxylic acids is 1. The summed E-state index contributed by atoms with van der Waals surface area (Å²) >= 11 is 0. The van der Waals surface area contributed by atoms with Gasteiger partial charge >= 0.3 is 5.97 Å². The third kappa shape index (κ3) is 5.18. The summed E-state index contributed by atoms with van der Waals surface area (Å²) in [5.74, 6) is -1.14. The zero-order valence-corrected chi connectivity index (χ0v) is 24.2. The lowest BCUT2D eigenvalue weighted by Gasteiger charge is -2.36. The summed E-state index contributed by atoms with van der Waals surface area (Å²) in [5.41, 5.74) is 3.30. The van der Waals surface area contributed by atoms with Crippen molar-refractivity contribution in [3.63, 3.8) is 0 Å². The van der Waals surface area contributed by atoms with E-state index in [-0.39, 0.29) is 24.3 Å². The molecular formula is C31H35FN4O5. The summed E-state index contributed by atoms with van der Waals surface area (Å²) in [7, 11) is 0. The van der Waals surface area contributed by atoms with Crippen LogP contribution in [0.4, 0.5) is 4.39 Å². The average molecular weight is 563 g/mol. The molecular weight excluding hydrogens is 527 g/mol. The molecule has 1 aliphatic rings. The van der Waals surface area contributed by atoms with Gasteiger partial charge in [0.05, 0.1) is 17.9 Å². The topological polar surface area (TPSA) is 111 Å². The van der Waals surface area contributed by atoms with Crippen molar-refractivity contribution in [2.75, 3.05) is 19.7 Å². The Morgan fingerprint density at radius 2 is 1.85 bits per heavy atom. The molecule has 1 saturated heterocycles. The number of carbonyl (C=O) groups excluding carboxylic acids is 1. The van der Waals surface area contributed by atoms with Crippen LogP contribution in [0, 0.1) is 25.1 Å². The fourth-order valence-electron chi connectivity index (χ4n) is 5.68. The van der Waals surface area contributed by atoms with Crippen LogP contribution in [0.15, 0.2) is 35.1 Å². The molecule has 0 unspecified atom stereocenters. The minimum Gasteiger partial charge on any atom is -0.493 e. The molecule has 0 spiro atoms. The molecule has 0 atom stereocenters. The van der Waals surface area contributed by atoms with E-state index in [1.807, 2.05) is 51.8 Å². The molecule has 4 heterocycles. The van der Waals surface area contributed by atoms with Crippen molar-refractivity contribution in [2.24, 2.45) is 5.41 Å². The van der Waals surface area contributed by atoms with E-state index in [0.717, 1.165) is 35.0 Å². The van der Waals surface area contributed by atoms with Gasteiger partial charge in [0.2, 0.25) is 5.91 Å². The number of halogens is 1. The number of piperidine rings is 1. The first kappa shape index (κ1) is 28.3. The highest BCUT2D eigenvalue weighted by Crippen LogP contribution is 2.41. The first-order chi connectivity index (χ1) is 19.4. The Kier molecular flexibility index (Phi) is 7.35. The summed E-state index contributed by atoms with van der Waals surface area (Å²) in [5, 5.41) is 14.4. The van der Waals surface area contributed by atoms with Gasteiger partial charge in [-0.25, -0.2) is 14.2 Å². The Balaban J connectivity index is 1.66. The van der Waals surface area contributed by atoms with Gasteiger partial charge in [-0.2, -0.15) is 0 Å². The number of pyridine rings is 1. The fraction of sp³-hybridized carbons (Fsp3) is 0.419. The van der Waals surface area contributed by atoms with Crippen molar-refractivity contribution in [3.05, 3.63) is 53.4 Å². The zero-order chi connectivity index (χ0) is 29.6. The molecule has 1 fully saturated rings. The first-order valence-corrected chi connectivity index (χ1v) is 13.8. The van der Waals surface area contributed by atoms with Gasteiger partial charge in [0.15, 0.2) is 0 Å². The summed E-state index contributed by atoms with van der Waals surface area (Å²) in [6, 6.07) is 4.51. The van der Waals surface area contributed by atoms with E-state index in [1.165, 1.54) is 12.1 Å². The van der Waals surface area contributed by atoms with Gasteiger partial charge in [0.25, 0.3) is 0 Å². The third-order valence-electron chi connectivity index (χ3n) is 7.67. The lowest BCUT2D eigenvalue weighted by Crippen LogP contribution is -2.44. The van der Waals surface area contributed by atoms with Crippen LogP contribution in [0.1, 0.15) is 68.4 Å². The van der Waals surface area contributed by atoms with E-state index in [0.29, 0.717) is 35.6 Å². The molecule has 1 N–H and O–H groups in total. The zero-order valence-electron chi connectivity index (χ0n) is 24.2. The number of hydrogen-bond donors (Lipinski definition) is 1. The number of aromatic nitrogens is 3. The number of likely N-dealkylation sites (tertiary alicyclic amines) is 1. The van der Waals surface area contributed by atoms with Gasteiger partial charge in [-0.1, -0.05) is 25.9 Å². The van der Waals surface area contributed by atoms with E-state index in [2.05, 4.69) is 9.72 Å². The van der Waals surface area contributed by atoms with Crippen LogP contribution < -0.4 is 4.74 Å². The van der Waals surface area contributed by atoms with Crippen molar-refractivity contribution in [1.82, 2.24) is 19.6 Å². The summed E-state index contributed by atoms with van der Waals surface area (Å²) in [6.45, 7) is 12.8. The summed E-state index contributed by atoms with van der Waals surface area (Å²) in [4.78, 5) is 31.3. The number of nitrogens with zero attached hydrogens (tertiary/aromatic N) is 4. The molecule has 10 heteroatoms. The Labute approximate surface area is 237 Å². The molecule has 41 heavy (non-hydrogen) atoms. The Morgan fingerprint density at radius 3 is 2.44 bits per heavy atom. The van der Waals surface area contributed by atoms with Gasteiger partial charge < -0.3 is 23.8 Å². The first-order valence-electron chi connectivity index (χ1n) is 13.8. The molecule has 216 valence electrons. The van der Waals surface area contributed by atoms with Crippen LogP contribution in [0.2, 0.25) is 0 Å². The molecule has 3 aromatic heterocycles. The Hall–Kier alpha value is -4.21. The SMILES string of the molecule is CCOc1cc(C(=O)O)c(F)cc1-c1cn(C2CCN(C(=O)C(C)(C)C)CC2)c2ncc(-c3c(C)noc3C)cc12. The highest BCUT2D eigenvalue weighted by molar-refractivity contribution is 5.99. The minimum absolute atomic E-state index is 0.0614. The molecule has 0 saturated carbocycles. The number of carbonyl (C=O) groups is 2. The number of ether oxygens (including phenoxy) is 1. The van der Waals surface area contributed by atoms with Gasteiger partial charge in [-0.05, 0) is 51.8 Å². The Bertz CT molecular complexity index is 1620. The van der Waals surface area contributed by atoms with Gasteiger partial charge in [-0.15, -0.1) is 0 Å². The maximum atomic E-state index is 15.1. The molecule has 1 aromatic carbocycles. The third-order valence-corrected chi connectivity index (χ3v) is 7.67. The van der Waals surface area contributed by atoms with Crippen LogP contribution in [0.3, 0.4) is 0 Å². The maximum Gasteiger partial charge on any atom is 0.338 e. The smallest absolute Gasteiger partial charge is 0.338 e. The van der Waals surface area contributed by atoms with Crippen molar-refractivity contribution in [1.29, 1.82) is 0 Å². The molecule has 0 aliphatic carbocycles. The summed E-state index contributed by atoms with van der Waals surface area (Å²) in [6.07, 6.45) is 5.20. The predicted molar refractivity (Wildman–Crippen MR) is 153 cm³/mol. The molecule has 4 aromatic rings. The Morgan fingerprint density at radius 1 is 1.15 bits per heavy atom. The summed E-state index contributed by atoms with van der Waals surface area (Å²) < 4.78 is 28.4. The molecule has 0 bridgehead atoms. The fourth-order valence-corrected chi connectivity index (χ4v) is 5.68. The number of carboxylic acid groups (broad SMARTS) is 1. The van der Waals surface area contributed by atoms with Crippen LogP contribution in [0.25, 0.3) is 33.3 Å². The van der Waals surface area contributed by atoms with Gasteiger partial charge in [0, 0.05) is 64.6 Å². The number of aryl methyl sites for hydroxylation is 2. The number of benzene rings is 1. The van der Waals surface area contributed by atoms with E-state index in [9.17, 15) is 14.7 Å². The van der Waals surface area contributed by atoms with E-state index in [4.69, 9.17) is 14.2 Å². The molecule has 1 aliphatic heterocycles. The molecule has 9 nitrogen and oxygen atoms in total. The second kappa shape index (κ2) is 10.6. The van der Waals surface area contributed by atoms with Crippen LogP contribution in [0.5, 0.6) is 5.75 Å². The second-order valence-corrected chi connectivity index (χ2v) is 11.6. The predicted octanol–water partition coefficient (Wildman–Crippen LogP) is 6.42. The van der Waals surface area contributed by atoms with Crippen molar-refractivity contribution < 1.29 is 28.3 Å². The standard InChI is InChI=1S/C31H35FN4O5/c1-7-40-26-14-23(29(37)38)25(32)13-21(26)24-16-36(20-8-10-35(11-9-20)30(39)31(4,5)6)28-22(24)12-19(15-33-28)27-17(2)34-41-18(27)3/h12-16,20H,7-11H2,1-6H3,(H,37,38). The number of amides is 1. The van der Waals surface area contributed by atoms with Gasteiger partial charge in [-0.3, -0.25) is 4.79 Å². The minimum atomic E-state index is -1.36. The highest BCUT2D eigenvalue weighted by Gasteiger charge is 2.32. The monoisotopic (exact) mass is 562 g/mol. The van der Waals surface area contributed by atoms with Crippen molar-refractivity contribution in [2.45, 2.75) is 60.4 Å². The van der Waals surface area contributed by atoms with Crippen LogP contribution >= 0.6 is 0 Å². The number of rotatable bonds is 6. The van der Waals surface area contributed by atoms with E-state index < -0.39 is 22.8 Å². The van der Waals surface area contributed by atoms with Crippen molar-refractivity contribution >= 4 is 22.9 Å². The van der Waals surface area contributed by atoms with Crippen LogP contribution in [-0.2, 0) is 4.79 Å². The van der Waals surface area contributed by atoms with Crippen LogP contribution in [-0.4, -0.2) is 56.3 Å². The normalized spacial score (nSPS) is 14.6. The molecule has 5 rings (SSSR count). The molecule has 1 amide bonds. The van der Waals surface area contributed by atoms with Gasteiger partial charge in [0.1, 0.15) is 23.0 Å². The number of carboxylic acids is 1. The lowest BCUT2D eigenvalue weighted by molar-refractivity contribution is -0.140.